The highest BCUT2D eigenvalue weighted by molar-refractivity contribution is 5.94. The van der Waals surface area contributed by atoms with Crippen LogP contribution in [0.1, 0.15) is 41.4 Å². The van der Waals surface area contributed by atoms with Crippen molar-refractivity contribution in [1.29, 1.82) is 0 Å². The Kier molecular flexibility index (Phi) is 7.45. The van der Waals surface area contributed by atoms with Gasteiger partial charge in [0.1, 0.15) is 5.75 Å². The zero-order valence-electron chi connectivity index (χ0n) is 19.2. The van der Waals surface area contributed by atoms with E-state index in [-0.39, 0.29) is 30.6 Å². The van der Waals surface area contributed by atoms with Crippen molar-refractivity contribution >= 4 is 11.9 Å². The lowest BCUT2D eigenvalue weighted by Crippen LogP contribution is -2.50. The van der Waals surface area contributed by atoms with Gasteiger partial charge in [-0.2, -0.15) is 0 Å². The van der Waals surface area contributed by atoms with Gasteiger partial charge < -0.3 is 29.7 Å². The Morgan fingerprint density at radius 2 is 1.69 bits per heavy atom. The highest BCUT2D eigenvalue weighted by atomic mass is 16.5. The zero-order valence-corrected chi connectivity index (χ0v) is 19.2. The summed E-state index contributed by atoms with van der Waals surface area (Å²) in [6.07, 6.45) is 0.685. The molecule has 1 aliphatic heterocycles. The molecule has 172 valence electrons. The average molecular weight is 442 g/mol. The molecule has 1 atom stereocenters. The van der Waals surface area contributed by atoms with Crippen LogP contribution in [0.25, 0.3) is 0 Å². The number of carbonyl (C=O) groups is 2. The molecule has 3 rings (SSSR count). The van der Waals surface area contributed by atoms with E-state index in [1.807, 2.05) is 26.0 Å². The number of amides is 3. The van der Waals surface area contributed by atoms with Crippen LogP contribution in [-0.4, -0.2) is 57.3 Å². The molecule has 0 fully saturated rings. The van der Waals surface area contributed by atoms with Crippen LogP contribution in [0.5, 0.6) is 17.2 Å². The molecule has 32 heavy (non-hydrogen) atoms. The third-order valence-corrected chi connectivity index (χ3v) is 5.48. The molecule has 2 aromatic rings. The molecular formula is C24H31N3O5. The van der Waals surface area contributed by atoms with Gasteiger partial charge in [-0.15, -0.1) is 0 Å². The smallest absolute Gasteiger partial charge is 0.318 e. The van der Waals surface area contributed by atoms with Crippen molar-refractivity contribution in [2.75, 3.05) is 34.4 Å². The molecule has 0 bridgehead atoms. The van der Waals surface area contributed by atoms with Crippen molar-refractivity contribution in [2.24, 2.45) is 0 Å². The maximum Gasteiger partial charge on any atom is 0.318 e. The Balaban J connectivity index is 1.88. The minimum atomic E-state index is -0.348. The number of rotatable bonds is 7. The van der Waals surface area contributed by atoms with Crippen molar-refractivity contribution in [3.63, 3.8) is 0 Å². The molecule has 8 heteroatoms. The summed E-state index contributed by atoms with van der Waals surface area (Å²) in [5, 5.41) is 5.94. The van der Waals surface area contributed by atoms with Crippen LogP contribution >= 0.6 is 0 Å². The van der Waals surface area contributed by atoms with Crippen molar-refractivity contribution in [1.82, 2.24) is 15.5 Å². The minimum absolute atomic E-state index is 0.00356. The number of nitrogens with zero attached hydrogens (tertiary/aromatic N) is 1. The number of urea groups is 1. The third-order valence-electron chi connectivity index (χ3n) is 5.48. The summed E-state index contributed by atoms with van der Waals surface area (Å²) >= 11 is 0. The van der Waals surface area contributed by atoms with E-state index in [2.05, 4.69) is 10.6 Å². The topological polar surface area (TPSA) is 89.1 Å². The first-order chi connectivity index (χ1) is 15.4. The predicted molar refractivity (Wildman–Crippen MR) is 122 cm³/mol. The van der Waals surface area contributed by atoms with Crippen LogP contribution in [0.2, 0.25) is 0 Å². The largest absolute Gasteiger partial charge is 0.497 e. The Morgan fingerprint density at radius 1 is 1.03 bits per heavy atom. The Hall–Kier alpha value is -3.42. The van der Waals surface area contributed by atoms with E-state index in [0.717, 1.165) is 11.1 Å². The summed E-state index contributed by atoms with van der Waals surface area (Å²) in [5.74, 6) is 1.70. The molecular weight excluding hydrogens is 410 g/mol. The van der Waals surface area contributed by atoms with Crippen molar-refractivity contribution in [2.45, 2.75) is 32.4 Å². The summed E-state index contributed by atoms with van der Waals surface area (Å²) in [4.78, 5) is 27.5. The van der Waals surface area contributed by atoms with E-state index in [1.165, 1.54) is 0 Å². The zero-order chi connectivity index (χ0) is 23.3. The Labute approximate surface area is 188 Å². The van der Waals surface area contributed by atoms with Gasteiger partial charge in [0.05, 0.1) is 27.4 Å². The van der Waals surface area contributed by atoms with Gasteiger partial charge in [0.2, 0.25) is 0 Å². The van der Waals surface area contributed by atoms with Crippen molar-refractivity contribution < 1.29 is 23.8 Å². The number of ether oxygens (including phenoxy) is 3. The minimum Gasteiger partial charge on any atom is -0.497 e. The summed E-state index contributed by atoms with van der Waals surface area (Å²) in [7, 11) is 4.76. The van der Waals surface area contributed by atoms with E-state index < -0.39 is 0 Å². The first-order valence-corrected chi connectivity index (χ1v) is 10.6. The van der Waals surface area contributed by atoms with E-state index in [1.54, 1.807) is 50.5 Å². The number of methoxy groups -OCH3 is 3. The first-order valence-electron chi connectivity index (χ1n) is 10.6. The second-order valence-electron chi connectivity index (χ2n) is 7.91. The molecule has 0 saturated carbocycles. The van der Waals surface area contributed by atoms with Gasteiger partial charge >= 0.3 is 6.03 Å². The molecule has 2 N–H and O–H groups in total. The number of carbonyl (C=O) groups excluding carboxylic acids is 2. The summed E-state index contributed by atoms with van der Waals surface area (Å²) in [5.41, 5.74) is 2.52. The number of nitrogens with one attached hydrogen (secondary N) is 2. The van der Waals surface area contributed by atoms with Gasteiger partial charge in [-0.3, -0.25) is 4.79 Å². The second kappa shape index (κ2) is 10.3. The molecule has 0 unspecified atom stereocenters. The van der Waals surface area contributed by atoms with Crippen LogP contribution in [0.4, 0.5) is 4.79 Å². The molecule has 1 aliphatic rings. The Bertz CT molecular complexity index is 959. The normalized spacial score (nSPS) is 15.1. The second-order valence-corrected chi connectivity index (χ2v) is 7.91. The standard InChI is InChI=1S/C24H31N3O5/c1-15(2)26-24(29)27-11-10-17-12-21(31-4)22(32-5)13-19(17)20(27)14-25-23(28)16-6-8-18(30-3)9-7-16/h6-9,12-13,15,20H,10-11,14H2,1-5H3,(H,25,28)(H,26,29)/t20-/m0/s1. The van der Waals surface area contributed by atoms with Crippen molar-refractivity contribution in [3.05, 3.63) is 53.1 Å². The lowest BCUT2D eigenvalue weighted by atomic mass is 9.91. The van der Waals surface area contributed by atoms with Crippen LogP contribution in [0, 0.1) is 0 Å². The lowest BCUT2D eigenvalue weighted by Gasteiger charge is -2.38. The number of hydrogen-bond donors (Lipinski definition) is 2. The van der Waals surface area contributed by atoms with Gasteiger partial charge in [0.15, 0.2) is 11.5 Å². The fourth-order valence-corrected chi connectivity index (χ4v) is 3.86. The molecule has 2 aromatic carbocycles. The predicted octanol–water partition coefficient (Wildman–Crippen LogP) is 3.16. The molecule has 3 amide bonds. The first kappa shape index (κ1) is 23.2. The molecule has 1 heterocycles. The van der Waals surface area contributed by atoms with Gasteiger partial charge in [0.25, 0.3) is 5.91 Å². The van der Waals surface area contributed by atoms with Crippen molar-refractivity contribution in [3.8, 4) is 17.2 Å². The molecule has 0 radical (unpaired) electrons. The Morgan fingerprint density at radius 3 is 2.28 bits per heavy atom. The van der Waals surface area contributed by atoms with Crippen LogP contribution < -0.4 is 24.8 Å². The third kappa shape index (κ3) is 5.07. The highest BCUT2D eigenvalue weighted by Crippen LogP contribution is 2.38. The summed E-state index contributed by atoms with van der Waals surface area (Å²) in [6, 6.07) is 10.2. The van der Waals surface area contributed by atoms with Gasteiger partial charge in [0, 0.05) is 24.7 Å². The highest BCUT2D eigenvalue weighted by Gasteiger charge is 2.32. The maximum absolute atomic E-state index is 12.9. The number of benzene rings is 2. The van der Waals surface area contributed by atoms with E-state index in [0.29, 0.717) is 35.8 Å². The molecule has 0 aliphatic carbocycles. The number of hydrogen-bond acceptors (Lipinski definition) is 5. The van der Waals surface area contributed by atoms with Crippen LogP contribution in [0.15, 0.2) is 36.4 Å². The molecule has 0 spiro atoms. The SMILES string of the molecule is COc1ccc(C(=O)NC[C@H]2c3cc(OC)c(OC)cc3CCN2C(=O)NC(C)C)cc1. The molecule has 0 saturated heterocycles. The van der Waals surface area contributed by atoms with E-state index in [4.69, 9.17) is 14.2 Å². The maximum atomic E-state index is 12.9. The van der Waals surface area contributed by atoms with Crippen LogP contribution in [-0.2, 0) is 6.42 Å². The van der Waals surface area contributed by atoms with Gasteiger partial charge in [-0.05, 0) is 67.8 Å². The number of fused-ring (bicyclic) bond motifs is 1. The quantitative estimate of drug-likeness (QED) is 0.689. The van der Waals surface area contributed by atoms with E-state index >= 15 is 0 Å². The lowest BCUT2D eigenvalue weighted by molar-refractivity contribution is 0.0933. The summed E-state index contributed by atoms with van der Waals surface area (Å²) in [6.45, 7) is 4.64. The van der Waals surface area contributed by atoms with Crippen LogP contribution in [0.3, 0.4) is 0 Å². The van der Waals surface area contributed by atoms with Gasteiger partial charge in [-0.25, -0.2) is 4.79 Å². The molecule has 0 aromatic heterocycles. The fraction of sp³-hybridized carbons (Fsp3) is 0.417. The average Bonchev–Trinajstić information content (AvgIpc) is 2.80. The monoisotopic (exact) mass is 441 g/mol. The fourth-order valence-electron chi connectivity index (χ4n) is 3.86. The molecule has 8 nitrogen and oxygen atoms in total. The van der Waals surface area contributed by atoms with Gasteiger partial charge in [-0.1, -0.05) is 0 Å². The summed E-state index contributed by atoms with van der Waals surface area (Å²) < 4.78 is 16.1. The van der Waals surface area contributed by atoms with E-state index in [9.17, 15) is 9.59 Å².